The molecule has 0 saturated carbocycles. The molecule has 0 N–H and O–H groups in total. The van der Waals surface area contributed by atoms with Crippen LogP contribution in [0.5, 0.6) is 0 Å². The molecule has 5 heteroatoms. The van der Waals surface area contributed by atoms with Gasteiger partial charge in [-0.1, -0.05) is 413 Å². The Morgan fingerprint density at radius 1 is 0.204 bits per heavy atom. The molecule has 137 heavy (non-hydrogen) atoms. The number of para-hydroxylation sites is 2. The first-order valence-electron chi connectivity index (χ1n) is 54.1. The second kappa shape index (κ2) is 32.5. The van der Waals surface area contributed by atoms with Crippen molar-refractivity contribution in [2.75, 3.05) is 9.80 Å². The molecule has 0 unspecified atom stereocenters. The number of aromatic nitrogens is 2. The molecule has 0 fully saturated rings. The van der Waals surface area contributed by atoms with E-state index in [0.29, 0.717) is 5.69 Å². The highest BCUT2D eigenvalue weighted by Gasteiger charge is 2.48. The Morgan fingerprint density at radius 3 is 0.905 bits per heavy atom. The molecular formula is C132H151BN4. The van der Waals surface area contributed by atoms with Gasteiger partial charge in [0.25, 0.3) is 6.71 Å². The predicted octanol–water partition coefficient (Wildman–Crippen LogP) is 35.9. The van der Waals surface area contributed by atoms with E-state index in [2.05, 4.69) is 476 Å². The van der Waals surface area contributed by atoms with Crippen molar-refractivity contribution in [1.29, 1.82) is 0 Å². The monoisotopic (exact) mass is 1810 g/mol. The van der Waals surface area contributed by atoms with Crippen LogP contribution in [0.15, 0.2) is 261 Å². The summed E-state index contributed by atoms with van der Waals surface area (Å²) in [6.45, 7) is 83.2. The van der Waals surface area contributed by atoms with Gasteiger partial charge in [0.05, 0.1) is 44.4 Å². The van der Waals surface area contributed by atoms with E-state index in [9.17, 15) is 11.0 Å². The van der Waals surface area contributed by atoms with Gasteiger partial charge in [0.15, 0.2) is 0 Å². The van der Waals surface area contributed by atoms with E-state index in [1.807, 2.05) is 0 Å². The maximum atomic E-state index is 10.3. The van der Waals surface area contributed by atoms with Gasteiger partial charge < -0.3 is 18.9 Å². The molecule has 4 heterocycles. The van der Waals surface area contributed by atoms with Crippen LogP contribution in [0, 0.1) is 0 Å². The molecule has 18 rings (SSSR count). The maximum absolute atomic E-state index is 10.3. The molecule has 0 bridgehead atoms. The van der Waals surface area contributed by atoms with Gasteiger partial charge >= 0.3 is 0 Å². The number of anilines is 6. The van der Waals surface area contributed by atoms with Gasteiger partial charge in [0, 0.05) is 77.9 Å². The predicted molar refractivity (Wildman–Crippen MR) is 601 cm³/mol. The molecule has 2 aromatic heterocycles. The lowest BCUT2D eigenvalue weighted by Gasteiger charge is -2.46. The van der Waals surface area contributed by atoms with Crippen LogP contribution in [-0.2, 0) is 65.0 Å². The third kappa shape index (κ3) is 17.3. The number of benzene rings is 14. The Balaban J connectivity index is 1.15. The summed E-state index contributed by atoms with van der Waals surface area (Å²) in [5.74, 6) is 0. The molecule has 2 aliphatic rings. The fraction of sp³-hybridized carbons (Fsp3) is 0.364. The van der Waals surface area contributed by atoms with Crippen LogP contribution in [0.3, 0.4) is 0 Å². The highest BCUT2D eigenvalue weighted by atomic mass is 15.2. The van der Waals surface area contributed by atoms with Crippen molar-refractivity contribution in [3.05, 3.63) is 327 Å². The van der Waals surface area contributed by atoms with Crippen LogP contribution in [0.4, 0.5) is 34.1 Å². The van der Waals surface area contributed by atoms with Crippen LogP contribution in [0.1, 0.15) is 327 Å². The van der Waals surface area contributed by atoms with E-state index in [1.54, 1.807) is 4.57 Å². The quantitative estimate of drug-likeness (QED) is 0.134. The van der Waals surface area contributed by atoms with Gasteiger partial charge in [0.1, 0.15) is 0 Å². The van der Waals surface area contributed by atoms with Gasteiger partial charge in [-0.3, -0.25) is 0 Å². The lowest BCUT2D eigenvalue weighted by molar-refractivity contribution is 0.568. The van der Waals surface area contributed by atoms with Crippen molar-refractivity contribution >= 4 is 101 Å². The smallest absolute Gasteiger partial charge is 0.252 e. The van der Waals surface area contributed by atoms with Crippen molar-refractivity contribution in [2.45, 2.75) is 314 Å². The van der Waals surface area contributed by atoms with Crippen molar-refractivity contribution in [3.63, 3.8) is 0 Å². The third-order valence-corrected chi connectivity index (χ3v) is 29.6. The van der Waals surface area contributed by atoms with Crippen LogP contribution in [0.2, 0.25) is 0 Å². The summed E-state index contributed by atoms with van der Waals surface area (Å²) in [5, 5.41) is 2.37. The molecule has 4 nitrogen and oxygen atoms in total. The molecule has 0 saturated heterocycles. The van der Waals surface area contributed by atoms with Gasteiger partial charge in [0.2, 0.25) is 0 Å². The average molecular weight is 1810 g/mol. The van der Waals surface area contributed by atoms with Gasteiger partial charge in [-0.05, 0) is 279 Å². The van der Waals surface area contributed by atoms with Crippen molar-refractivity contribution in [3.8, 4) is 67.0 Å². The lowest BCUT2D eigenvalue weighted by Crippen LogP contribution is -2.61. The SMILES string of the molecule is [2H]c1c([2H])c([2H])c2c(c1[2H])c1c([2H])c([2H])c([2H])c([2H])c1n2-c1ccc2c(c1)N(c1c(-c3ccc(C(C)(C)C)cc3)cc(C(C)(C)C)cc1-c1cc(C(C)(C)C)ccc1C(C)(C)C)c1cc(-c3cc(C(C)(C)C)cc(C(C)(C)C)c3)cc3c1B2c1ccc(-n2c4ccc(C(C)(C)C)cc4c4cc(C(C)(C)C)ccc42)cc1N3c1c(-c2ccc(C(C)(C)C)cc2)cc(C(C)(C)C)cc1-c1ccc(C(C)(C)C)cc1C(C)(C)C. The molecular weight excluding hydrogens is 1650 g/mol. The fourth-order valence-electron chi connectivity index (χ4n) is 21.0. The highest BCUT2D eigenvalue weighted by molar-refractivity contribution is 7.00. The zero-order valence-electron chi connectivity index (χ0n) is 97.1. The normalized spacial score (nSPS) is 14.8. The largest absolute Gasteiger partial charge is 0.310 e. The molecule has 0 atom stereocenters. The molecule has 0 amide bonds. The number of hydrogen-bond donors (Lipinski definition) is 0. The molecule has 702 valence electrons. The first kappa shape index (κ1) is 85.7. The molecule has 14 aromatic carbocycles. The van der Waals surface area contributed by atoms with Crippen LogP contribution in [0.25, 0.3) is 111 Å². The molecule has 0 aliphatic carbocycles. The lowest BCUT2D eigenvalue weighted by atomic mass is 9.33. The number of hydrogen-bond acceptors (Lipinski definition) is 2. The fourth-order valence-corrected chi connectivity index (χ4v) is 21.0. The van der Waals surface area contributed by atoms with Crippen LogP contribution < -0.4 is 26.2 Å². The Bertz CT molecular complexity index is 7860. The highest BCUT2D eigenvalue weighted by Crippen LogP contribution is 2.59. The minimum absolute atomic E-state index is 0.00706. The standard InChI is InChI=1S/C132H151BN4/c1-121(2,3)84-49-45-80(46-50-84)99-73-92(129(25,26)27)75-104(96-59-53-89(126(16,17)18)77-107(96)132(34,35)36)119(99)136-114-79-95(135-112-63-55-87(124(10,11)12)71-102(112)103-72-88(125(13,14)15)56-64-113(103)135)58-62-108(114)133-109-61-57-94(134-110-43-39-37-41-97(110)98-42-38-40-44-111(98)134)78-115(109)137(117-68-83(67-116(136)118(117)133)82-65-90(127(19,20)21)69-91(66-82)128(22,23)24)120-100(81-47-51-85(52-48-81)122(4,5)6)74-93(130(28,29)30)76-105(120)101-70-86(123(7,8)9)54-60-106(101)131(31,32)33/h37-79H,1-36H3/i37D,38D,39D,40D,41D,42D,43D,44D. The summed E-state index contributed by atoms with van der Waals surface area (Å²) < 4.78 is 83.1. The third-order valence-electron chi connectivity index (χ3n) is 29.6. The van der Waals surface area contributed by atoms with E-state index >= 15 is 0 Å². The van der Waals surface area contributed by atoms with Crippen LogP contribution in [-0.4, -0.2) is 15.8 Å². The molecule has 16 aromatic rings. The Kier molecular flexibility index (Phi) is 20.3. The minimum atomic E-state index is -0.621. The van der Waals surface area contributed by atoms with Crippen LogP contribution >= 0.6 is 0 Å². The average Bonchev–Trinajstić information content (AvgIpc) is 1.27. The number of nitrogens with zero attached hydrogens (tertiary/aromatic N) is 4. The zero-order chi connectivity index (χ0) is 106. The number of fused-ring (bicyclic) bond motifs is 10. The zero-order valence-corrected chi connectivity index (χ0v) is 89.1. The summed E-state index contributed by atoms with van der Waals surface area (Å²) in [5.41, 5.74) is 33.4. The van der Waals surface area contributed by atoms with E-state index in [1.165, 1.54) is 66.4 Å². The van der Waals surface area contributed by atoms with Gasteiger partial charge in [-0.15, -0.1) is 0 Å². The first-order chi connectivity index (χ1) is 66.8. The Labute approximate surface area is 834 Å². The van der Waals surface area contributed by atoms with E-state index in [-0.39, 0.29) is 82.6 Å². The Morgan fingerprint density at radius 2 is 0.518 bits per heavy atom. The maximum Gasteiger partial charge on any atom is 0.252 e. The summed E-state index contributed by atoms with van der Waals surface area (Å²) in [7, 11) is 0. The van der Waals surface area contributed by atoms with Gasteiger partial charge in [-0.25, -0.2) is 0 Å². The van der Waals surface area contributed by atoms with E-state index < -0.39 is 59.2 Å². The van der Waals surface area contributed by atoms with E-state index in [0.717, 1.165) is 134 Å². The molecule has 0 radical (unpaired) electrons. The molecule has 0 spiro atoms. The Hall–Kier alpha value is -11.7. The summed E-state index contributed by atoms with van der Waals surface area (Å²) in [6.07, 6.45) is 0. The topological polar surface area (TPSA) is 16.3 Å². The summed E-state index contributed by atoms with van der Waals surface area (Å²) in [4.78, 5) is 5.35. The van der Waals surface area contributed by atoms with Crippen molar-refractivity contribution in [1.82, 2.24) is 9.13 Å². The molecule has 2 aliphatic heterocycles. The van der Waals surface area contributed by atoms with E-state index in [4.69, 9.17) is 0 Å². The first-order valence-corrected chi connectivity index (χ1v) is 50.1. The second-order valence-electron chi connectivity index (χ2n) is 52.4. The van der Waals surface area contributed by atoms with Crippen molar-refractivity contribution in [2.24, 2.45) is 0 Å². The number of rotatable bonds is 9. The second-order valence-corrected chi connectivity index (χ2v) is 52.4. The van der Waals surface area contributed by atoms with Gasteiger partial charge in [-0.2, -0.15) is 0 Å². The minimum Gasteiger partial charge on any atom is -0.310 e. The summed E-state index contributed by atoms with van der Waals surface area (Å²) in [6, 6.07) is 80.5. The van der Waals surface area contributed by atoms with Crippen molar-refractivity contribution < 1.29 is 11.0 Å². The summed E-state index contributed by atoms with van der Waals surface area (Å²) >= 11 is 0.